The number of hydrogen-bond donors (Lipinski definition) is 1. The number of sulfone groups is 1. The van der Waals surface area contributed by atoms with E-state index in [1.807, 2.05) is 31.2 Å². The minimum atomic E-state index is -3.54. The van der Waals surface area contributed by atoms with E-state index >= 15 is 0 Å². The highest BCUT2D eigenvalue weighted by atomic mass is 32.2. The zero-order valence-electron chi connectivity index (χ0n) is 13.6. The second kappa shape index (κ2) is 6.48. The molecule has 3 rings (SSSR count). The fraction of sp³-hybridized carbons (Fsp3) is 0.118. The molecule has 1 heterocycles. The first kappa shape index (κ1) is 16.8. The normalized spacial score (nSPS) is 11.3. The van der Waals surface area contributed by atoms with Crippen LogP contribution in [0, 0.1) is 6.92 Å². The second-order valence-corrected chi connectivity index (χ2v) is 7.48. The van der Waals surface area contributed by atoms with E-state index in [9.17, 15) is 13.2 Å². The minimum Gasteiger partial charge on any atom is -0.403 e. The number of carbonyl (C=O) groups is 1. The summed E-state index contributed by atoms with van der Waals surface area (Å²) in [7, 11) is -3.54. The van der Waals surface area contributed by atoms with Crippen molar-refractivity contribution in [1.29, 1.82) is 0 Å². The summed E-state index contributed by atoms with van der Waals surface area (Å²) in [5, 5.41) is 10.1. The number of aromatic nitrogens is 2. The average molecular weight is 357 g/mol. The number of aryl methyl sites for hydroxylation is 1. The van der Waals surface area contributed by atoms with Crippen molar-refractivity contribution in [2.45, 2.75) is 11.8 Å². The molecule has 0 radical (unpaired) electrons. The van der Waals surface area contributed by atoms with Gasteiger partial charge < -0.3 is 4.42 Å². The predicted molar refractivity (Wildman–Crippen MR) is 92.0 cm³/mol. The van der Waals surface area contributed by atoms with Crippen molar-refractivity contribution < 1.29 is 17.6 Å². The summed E-state index contributed by atoms with van der Waals surface area (Å²) in [6.07, 6.45) is 1.04. The number of anilines is 1. The van der Waals surface area contributed by atoms with Crippen LogP contribution in [0.5, 0.6) is 0 Å². The summed E-state index contributed by atoms with van der Waals surface area (Å²) in [5.74, 6) is -0.383. The van der Waals surface area contributed by atoms with Gasteiger partial charge in [-0.25, -0.2) is 8.42 Å². The molecule has 1 aromatic heterocycles. The summed E-state index contributed by atoms with van der Waals surface area (Å²) < 4.78 is 29.0. The van der Waals surface area contributed by atoms with Gasteiger partial charge >= 0.3 is 6.01 Å². The third kappa shape index (κ3) is 3.74. The van der Waals surface area contributed by atoms with Gasteiger partial charge in [0.15, 0.2) is 9.84 Å². The summed E-state index contributed by atoms with van der Waals surface area (Å²) in [6.45, 7) is 1.96. The Hall–Kier alpha value is -3.00. The summed E-state index contributed by atoms with van der Waals surface area (Å²) in [6, 6.07) is 13.3. The zero-order chi connectivity index (χ0) is 18.0. The van der Waals surface area contributed by atoms with E-state index in [0.717, 1.165) is 17.4 Å². The number of nitrogens with zero attached hydrogens (tertiary/aromatic N) is 2. The Labute approximate surface area is 144 Å². The van der Waals surface area contributed by atoms with Crippen LogP contribution in [0.25, 0.3) is 11.5 Å². The van der Waals surface area contributed by atoms with Crippen molar-refractivity contribution in [2.75, 3.05) is 11.6 Å². The highest BCUT2D eigenvalue weighted by Crippen LogP contribution is 2.21. The van der Waals surface area contributed by atoms with E-state index in [0.29, 0.717) is 0 Å². The fourth-order valence-electron chi connectivity index (χ4n) is 2.23. The maximum absolute atomic E-state index is 12.4. The first-order chi connectivity index (χ1) is 11.8. The Morgan fingerprint density at radius 3 is 2.40 bits per heavy atom. The highest BCUT2D eigenvalue weighted by molar-refractivity contribution is 7.90. The van der Waals surface area contributed by atoms with E-state index < -0.39 is 15.7 Å². The smallest absolute Gasteiger partial charge is 0.322 e. The van der Waals surface area contributed by atoms with E-state index in [1.165, 1.54) is 12.1 Å². The van der Waals surface area contributed by atoms with Crippen LogP contribution in [-0.4, -0.2) is 30.8 Å². The van der Waals surface area contributed by atoms with Gasteiger partial charge in [-0.05, 0) is 31.2 Å². The molecule has 0 saturated heterocycles. The molecule has 7 nitrogen and oxygen atoms in total. The quantitative estimate of drug-likeness (QED) is 0.770. The molecular formula is C17H15N3O4S. The molecule has 1 N–H and O–H groups in total. The molecule has 0 spiro atoms. The van der Waals surface area contributed by atoms with Crippen LogP contribution >= 0.6 is 0 Å². The van der Waals surface area contributed by atoms with Crippen molar-refractivity contribution in [1.82, 2.24) is 10.2 Å². The second-order valence-electron chi connectivity index (χ2n) is 5.50. The van der Waals surface area contributed by atoms with Crippen LogP contribution in [0.2, 0.25) is 0 Å². The molecule has 0 aliphatic carbocycles. The third-order valence-corrected chi connectivity index (χ3v) is 4.63. The lowest BCUT2D eigenvalue weighted by atomic mass is 10.1. The monoisotopic (exact) mass is 357 g/mol. The van der Waals surface area contributed by atoms with Crippen molar-refractivity contribution in [3.63, 3.8) is 0 Å². The van der Waals surface area contributed by atoms with Gasteiger partial charge in [-0.2, -0.15) is 0 Å². The topological polar surface area (TPSA) is 102 Å². The van der Waals surface area contributed by atoms with Crippen LogP contribution in [0.3, 0.4) is 0 Å². The van der Waals surface area contributed by atoms with Crippen molar-refractivity contribution >= 4 is 21.8 Å². The molecule has 0 aliphatic rings. The van der Waals surface area contributed by atoms with Gasteiger partial charge in [-0.3, -0.25) is 10.1 Å². The van der Waals surface area contributed by atoms with E-state index in [1.54, 1.807) is 12.1 Å². The maximum atomic E-state index is 12.4. The van der Waals surface area contributed by atoms with E-state index in [-0.39, 0.29) is 22.4 Å². The standard InChI is InChI=1S/C17H15N3O4S/c1-11-7-9-12(10-8-11)16-19-20-17(24-16)18-15(21)13-5-3-4-6-14(13)25(2,22)23/h3-10H,1-2H3,(H,18,20,21). The molecule has 1 amide bonds. The van der Waals surface area contributed by atoms with Crippen LogP contribution in [0.1, 0.15) is 15.9 Å². The molecule has 0 unspecified atom stereocenters. The molecule has 8 heteroatoms. The Balaban J connectivity index is 1.85. The lowest BCUT2D eigenvalue weighted by Gasteiger charge is -2.06. The molecular weight excluding hydrogens is 342 g/mol. The number of hydrogen-bond acceptors (Lipinski definition) is 6. The molecule has 0 bridgehead atoms. The molecule has 0 fully saturated rings. The number of amides is 1. The van der Waals surface area contributed by atoms with Gasteiger partial charge in [-0.15, -0.1) is 5.10 Å². The first-order valence-corrected chi connectivity index (χ1v) is 9.25. The van der Waals surface area contributed by atoms with Crippen LogP contribution < -0.4 is 5.32 Å². The predicted octanol–water partition coefficient (Wildman–Crippen LogP) is 2.70. The van der Waals surface area contributed by atoms with Crippen LogP contribution in [-0.2, 0) is 9.84 Å². The lowest BCUT2D eigenvalue weighted by Crippen LogP contribution is -2.16. The molecule has 25 heavy (non-hydrogen) atoms. The van der Waals surface area contributed by atoms with Crippen molar-refractivity contribution in [3.05, 3.63) is 59.7 Å². The summed E-state index contributed by atoms with van der Waals surface area (Å²) in [5.41, 5.74) is 1.82. The molecule has 0 atom stereocenters. The molecule has 128 valence electrons. The van der Waals surface area contributed by atoms with Gasteiger partial charge in [0.05, 0.1) is 10.5 Å². The molecule has 0 aliphatic heterocycles. The Bertz CT molecular complexity index is 1020. The summed E-state index contributed by atoms with van der Waals surface area (Å²) in [4.78, 5) is 12.3. The van der Waals surface area contributed by atoms with Gasteiger partial charge in [0.2, 0.25) is 5.89 Å². The maximum Gasteiger partial charge on any atom is 0.322 e. The van der Waals surface area contributed by atoms with E-state index in [4.69, 9.17) is 4.42 Å². The highest BCUT2D eigenvalue weighted by Gasteiger charge is 2.20. The Morgan fingerprint density at radius 1 is 1.04 bits per heavy atom. The van der Waals surface area contributed by atoms with Crippen molar-refractivity contribution in [2.24, 2.45) is 0 Å². The molecule has 2 aromatic carbocycles. The third-order valence-electron chi connectivity index (χ3n) is 3.48. The summed E-state index contributed by atoms with van der Waals surface area (Å²) >= 11 is 0. The number of nitrogens with one attached hydrogen (secondary N) is 1. The number of rotatable bonds is 4. The SMILES string of the molecule is Cc1ccc(-c2nnc(NC(=O)c3ccccc3S(C)(=O)=O)o2)cc1. The zero-order valence-corrected chi connectivity index (χ0v) is 14.4. The van der Waals surface area contributed by atoms with Gasteiger partial charge in [-0.1, -0.05) is 34.9 Å². The first-order valence-electron chi connectivity index (χ1n) is 7.35. The molecule has 0 saturated carbocycles. The van der Waals surface area contributed by atoms with Crippen LogP contribution in [0.15, 0.2) is 57.8 Å². The molecule has 3 aromatic rings. The Morgan fingerprint density at radius 2 is 1.72 bits per heavy atom. The average Bonchev–Trinajstić information content (AvgIpc) is 3.03. The number of carbonyl (C=O) groups excluding carboxylic acids is 1. The van der Waals surface area contributed by atoms with E-state index in [2.05, 4.69) is 15.5 Å². The largest absolute Gasteiger partial charge is 0.403 e. The minimum absolute atomic E-state index is 0.0140. The van der Waals surface area contributed by atoms with Crippen LogP contribution in [0.4, 0.5) is 6.01 Å². The fourth-order valence-corrected chi connectivity index (χ4v) is 3.11. The Kier molecular flexibility index (Phi) is 4.37. The van der Waals surface area contributed by atoms with Gasteiger partial charge in [0.25, 0.3) is 5.91 Å². The van der Waals surface area contributed by atoms with Gasteiger partial charge in [0.1, 0.15) is 0 Å². The number of benzene rings is 2. The van der Waals surface area contributed by atoms with Crippen molar-refractivity contribution in [3.8, 4) is 11.5 Å². The lowest BCUT2D eigenvalue weighted by molar-refractivity contribution is 0.102. The van der Waals surface area contributed by atoms with Gasteiger partial charge in [0, 0.05) is 11.8 Å².